The third kappa shape index (κ3) is 5.19. The number of nitrogens with zero attached hydrogens (tertiary/aromatic N) is 3. The van der Waals surface area contributed by atoms with Crippen LogP contribution in [-0.4, -0.2) is 58.2 Å². The van der Waals surface area contributed by atoms with Gasteiger partial charge in [0, 0.05) is 48.9 Å². The van der Waals surface area contributed by atoms with Gasteiger partial charge in [0.2, 0.25) is 11.8 Å². The second kappa shape index (κ2) is 10.0. The highest BCUT2D eigenvalue weighted by atomic mass is 35.5. The van der Waals surface area contributed by atoms with E-state index in [1.807, 2.05) is 24.3 Å². The van der Waals surface area contributed by atoms with Crippen LogP contribution in [0.2, 0.25) is 10.0 Å². The number of amides is 2. The van der Waals surface area contributed by atoms with Gasteiger partial charge in [0.25, 0.3) is 0 Å². The molecule has 0 spiro atoms. The quantitative estimate of drug-likeness (QED) is 0.329. The lowest BCUT2D eigenvalue weighted by Gasteiger charge is -2.37. The third-order valence-electron chi connectivity index (χ3n) is 5.67. The second-order valence-corrected chi connectivity index (χ2v) is 10.5. The molecular formula is C23H21Cl2N3O3S2. The molecule has 33 heavy (non-hydrogen) atoms. The molecule has 0 aromatic heterocycles. The summed E-state index contributed by atoms with van der Waals surface area (Å²) in [5.41, 5.74) is 2.06. The summed E-state index contributed by atoms with van der Waals surface area (Å²) in [4.78, 5) is 42.5. The first kappa shape index (κ1) is 24.0. The van der Waals surface area contributed by atoms with Gasteiger partial charge in [0.1, 0.15) is 9.57 Å². The normalized spacial score (nSPS) is 18.8. The molecule has 172 valence electrons. The first-order valence-electron chi connectivity index (χ1n) is 10.4. The molecule has 0 aliphatic carbocycles. The molecule has 0 N–H and O–H groups in total. The predicted molar refractivity (Wildman–Crippen MR) is 138 cm³/mol. The van der Waals surface area contributed by atoms with E-state index in [1.165, 1.54) is 17.8 Å². The van der Waals surface area contributed by atoms with Crippen molar-refractivity contribution in [1.82, 2.24) is 4.90 Å². The zero-order valence-electron chi connectivity index (χ0n) is 17.8. The minimum absolute atomic E-state index is 0.0462. The Balaban J connectivity index is 1.35. The van der Waals surface area contributed by atoms with Crippen molar-refractivity contribution in [3.05, 3.63) is 58.1 Å². The van der Waals surface area contributed by atoms with Gasteiger partial charge >= 0.3 is 0 Å². The number of carbonyl (C=O) groups is 3. The highest BCUT2D eigenvalue weighted by molar-refractivity contribution is 8.23. The highest BCUT2D eigenvalue weighted by Crippen LogP contribution is 2.36. The molecule has 0 unspecified atom stereocenters. The lowest BCUT2D eigenvalue weighted by atomic mass is 10.1. The van der Waals surface area contributed by atoms with E-state index in [-0.39, 0.29) is 24.0 Å². The summed E-state index contributed by atoms with van der Waals surface area (Å²) in [6.07, 6.45) is 0.0644. The highest BCUT2D eigenvalue weighted by Gasteiger charge is 2.42. The van der Waals surface area contributed by atoms with E-state index < -0.39 is 5.25 Å². The number of Topliss-reactive ketones (excluding diaryl/α,β-unsaturated/α-hetero) is 1. The van der Waals surface area contributed by atoms with Gasteiger partial charge in [-0.3, -0.25) is 14.4 Å². The van der Waals surface area contributed by atoms with Crippen LogP contribution in [0.4, 0.5) is 11.4 Å². The summed E-state index contributed by atoms with van der Waals surface area (Å²) in [6.45, 7) is 4.50. The molecule has 0 bridgehead atoms. The Morgan fingerprint density at radius 2 is 1.70 bits per heavy atom. The van der Waals surface area contributed by atoms with E-state index >= 15 is 0 Å². The Hall–Kier alpha value is -2.13. The van der Waals surface area contributed by atoms with Crippen molar-refractivity contribution >= 4 is 80.5 Å². The number of thioether (sulfide) groups is 1. The van der Waals surface area contributed by atoms with Gasteiger partial charge in [0.05, 0.1) is 10.7 Å². The van der Waals surface area contributed by atoms with Crippen molar-refractivity contribution in [2.24, 2.45) is 0 Å². The standard InChI is InChI=1S/C23H21Cl2N3O3S2/c1-14(29)15-2-5-17(6-3-15)26-8-10-27(11-9-26)23(32)33-20-13-21(30)28(22(20)31)19-12-16(24)4-7-18(19)25/h2-7,12,20H,8-11,13H2,1H3/t20-/m0/s1. The molecule has 2 amide bonds. The number of rotatable bonds is 4. The number of imide groups is 1. The fourth-order valence-electron chi connectivity index (χ4n) is 3.86. The molecule has 4 rings (SSSR count). The molecule has 2 aromatic carbocycles. The summed E-state index contributed by atoms with van der Waals surface area (Å²) in [5, 5.41) is 0.106. The SMILES string of the molecule is CC(=O)c1ccc(N2CCN(C(=S)S[C@H]3CC(=O)N(c4cc(Cl)ccc4Cl)C3=O)CC2)cc1. The number of benzene rings is 2. The van der Waals surface area contributed by atoms with Gasteiger partial charge in [-0.05, 0) is 49.4 Å². The monoisotopic (exact) mass is 521 g/mol. The largest absolute Gasteiger partial charge is 0.368 e. The van der Waals surface area contributed by atoms with Crippen LogP contribution < -0.4 is 9.80 Å². The van der Waals surface area contributed by atoms with Crippen LogP contribution in [0.1, 0.15) is 23.7 Å². The molecule has 2 heterocycles. The lowest BCUT2D eigenvalue weighted by molar-refractivity contribution is -0.121. The molecule has 2 fully saturated rings. The molecule has 2 aliphatic rings. The van der Waals surface area contributed by atoms with E-state index in [1.54, 1.807) is 19.1 Å². The molecule has 2 saturated heterocycles. The van der Waals surface area contributed by atoms with Crippen LogP contribution in [0.15, 0.2) is 42.5 Å². The van der Waals surface area contributed by atoms with Crippen LogP contribution in [0.5, 0.6) is 0 Å². The Kier molecular flexibility index (Phi) is 7.28. The minimum atomic E-state index is -0.586. The summed E-state index contributed by atoms with van der Waals surface area (Å²) in [6, 6.07) is 12.3. The third-order valence-corrected chi connectivity index (χ3v) is 7.89. The van der Waals surface area contributed by atoms with Gasteiger partial charge in [-0.15, -0.1) is 0 Å². The van der Waals surface area contributed by atoms with Crippen molar-refractivity contribution < 1.29 is 14.4 Å². The van der Waals surface area contributed by atoms with Crippen molar-refractivity contribution in [3.63, 3.8) is 0 Å². The maximum Gasteiger partial charge on any atom is 0.247 e. The molecule has 10 heteroatoms. The number of anilines is 2. The fraction of sp³-hybridized carbons (Fsp3) is 0.304. The summed E-state index contributed by atoms with van der Waals surface area (Å²) >= 11 is 19.1. The van der Waals surface area contributed by atoms with E-state index in [2.05, 4.69) is 9.80 Å². The van der Waals surface area contributed by atoms with Crippen LogP contribution >= 0.6 is 47.2 Å². The van der Waals surface area contributed by atoms with Crippen molar-refractivity contribution in [2.45, 2.75) is 18.6 Å². The zero-order chi connectivity index (χ0) is 23.7. The van der Waals surface area contributed by atoms with Crippen molar-refractivity contribution in [1.29, 1.82) is 0 Å². The van der Waals surface area contributed by atoms with E-state index in [9.17, 15) is 14.4 Å². The van der Waals surface area contributed by atoms with Crippen LogP contribution in [0.25, 0.3) is 0 Å². The molecule has 0 radical (unpaired) electrons. The first-order valence-corrected chi connectivity index (χ1v) is 12.4. The van der Waals surface area contributed by atoms with Crippen LogP contribution in [0.3, 0.4) is 0 Å². The fourth-order valence-corrected chi connectivity index (χ4v) is 5.76. The average Bonchev–Trinajstić information content (AvgIpc) is 3.08. The van der Waals surface area contributed by atoms with Crippen LogP contribution in [-0.2, 0) is 9.59 Å². The Bertz CT molecular complexity index is 1120. The number of hydrogen-bond donors (Lipinski definition) is 0. The van der Waals surface area contributed by atoms with Gasteiger partial charge in [-0.2, -0.15) is 0 Å². The Morgan fingerprint density at radius 1 is 1.03 bits per heavy atom. The summed E-state index contributed by atoms with van der Waals surface area (Å²) < 4.78 is 0.603. The lowest BCUT2D eigenvalue weighted by Crippen LogP contribution is -2.48. The zero-order valence-corrected chi connectivity index (χ0v) is 20.9. The molecular weight excluding hydrogens is 501 g/mol. The topological polar surface area (TPSA) is 60.9 Å². The number of thiocarbonyl (C=S) groups is 1. The first-order chi connectivity index (χ1) is 15.7. The van der Waals surface area contributed by atoms with Crippen molar-refractivity contribution in [3.8, 4) is 0 Å². The molecule has 6 nitrogen and oxygen atoms in total. The maximum atomic E-state index is 13.0. The molecule has 2 aromatic rings. The maximum absolute atomic E-state index is 13.0. The van der Waals surface area contributed by atoms with E-state index in [4.69, 9.17) is 35.4 Å². The summed E-state index contributed by atoms with van der Waals surface area (Å²) in [5.74, 6) is -0.603. The number of piperazine rings is 1. The second-order valence-electron chi connectivity index (χ2n) is 7.82. The van der Waals surface area contributed by atoms with E-state index in [0.717, 1.165) is 23.7 Å². The molecule has 1 atom stereocenters. The Labute approximate surface area is 211 Å². The number of hydrogen-bond acceptors (Lipinski definition) is 6. The molecule has 2 aliphatic heterocycles. The van der Waals surface area contributed by atoms with Crippen molar-refractivity contribution in [2.75, 3.05) is 36.0 Å². The minimum Gasteiger partial charge on any atom is -0.368 e. The van der Waals surface area contributed by atoms with Gasteiger partial charge in [-0.25, -0.2) is 4.90 Å². The van der Waals surface area contributed by atoms with Crippen LogP contribution in [0, 0.1) is 0 Å². The number of carbonyl (C=O) groups excluding carboxylic acids is 3. The predicted octanol–water partition coefficient (Wildman–Crippen LogP) is 4.67. The summed E-state index contributed by atoms with van der Waals surface area (Å²) in [7, 11) is 0. The smallest absolute Gasteiger partial charge is 0.247 e. The van der Waals surface area contributed by atoms with Gasteiger partial charge in [-0.1, -0.05) is 47.2 Å². The average molecular weight is 522 g/mol. The Morgan fingerprint density at radius 3 is 2.33 bits per heavy atom. The van der Waals surface area contributed by atoms with E-state index in [0.29, 0.717) is 38.7 Å². The van der Waals surface area contributed by atoms with Gasteiger partial charge < -0.3 is 9.80 Å². The number of ketones is 1. The number of halogens is 2. The van der Waals surface area contributed by atoms with Gasteiger partial charge in [0.15, 0.2) is 5.78 Å². The molecule has 0 saturated carbocycles.